The molecular weight excluding hydrogens is 258 g/mol. The predicted octanol–water partition coefficient (Wildman–Crippen LogP) is 3.42. The maximum Gasteiger partial charge on any atom is 0.343 e. The summed E-state index contributed by atoms with van der Waals surface area (Å²) in [4.78, 5) is 13.2. The van der Waals surface area contributed by atoms with Crippen LogP contribution in [0.4, 0.5) is 5.69 Å². The summed E-state index contributed by atoms with van der Waals surface area (Å²) < 4.78 is 5.32. The largest absolute Gasteiger partial charge is 0.423 e. The zero-order valence-corrected chi connectivity index (χ0v) is 11.1. The lowest BCUT2D eigenvalue weighted by atomic mass is 10.2. The average molecular weight is 271 g/mol. The monoisotopic (exact) mass is 271 g/mol. The van der Waals surface area contributed by atoms with E-state index in [4.69, 9.17) is 4.74 Å². The third-order valence-electron chi connectivity index (χ3n) is 2.85. The van der Waals surface area contributed by atoms with Crippen LogP contribution < -0.4 is 10.1 Å². The van der Waals surface area contributed by atoms with Crippen LogP contribution in [0.5, 0.6) is 5.75 Å². The van der Waals surface area contributed by atoms with Gasteiger partial charge in [-0.3, -0.25) is 0 Å². The second-order valence-corrected chi connectivity index (χ2v) is 5.33. The number of rotatable bonds is 2. The van der Waals surface area contributed by atoms with Crippen LogP contribution in [0.15, 0.2) is 53.4 Å². The van der Waals surface area contributed by atoms with Crippen molar-refractivity contribution in [2.24, 2.45) is 0 Å². The van der Waals surface area contributed by atoms with Crippen molar-refractivity contribution in [3.63, 3.8) is 0 Å². The van der Waals surface area contributed by atoms with Gasteiger partial charge in [0.1, 0.15) is 5.75 Å². The van der Waals surface area contributed by atoms with Crippen LogP contribution >= 0.6 is 11.8 Å². The van der Waals surface area contributed by atoms with Gasteiger partial charge in [-0.1, -0.05) is 18.2 Å². The molecule has 3 nitrogen and oxygen atoms in total. The van der Waals surface area contributed by atoms with E-state index in [1.54, 1.807) is 30.0 Å². The lowest BCUT2D eigenvalue weighted by molar-refractivity contribution is 0.0734. The molecule has 0 aromatic heterocycles. The van der Waals surface area contributed by atoms with E-state index >= 15 is 0 Å². The number of ether oxygens (including phenoxy) is 1. The standard InChI is InChI=1S/C15H13NO2S/c17-15(18-12-4-2-1-3-5-12)11-6-7-13-14(10-11)19-9-8-16-13/h1-7,10,16H,8-9H2. The molecule has 19 heavy (non-hydrogen) atoms. The maximum atomic E-state index is 12.0. The molecule has 0 bridgehead atoms. The van der Waals surface area contributed by atoms with Gasteiger partial charge in [0.15, 0.2) is 0 Å². The van der Waals surface area contributed by atoms with Crippen LogP contribution in [0.25, 0.3) is 0 Å². The summed E-state index contributed by atoms with van der Waals surface area (Å²) in [5.74, 6) is 1.26. The maximum absolute atomic E-state index is 12.0. The molecule has 1 aliphatic heterocycles. The number of esters is 1. The zero-order chi connectivity index (χ0) is 13.1. The molecule has 0 fully saturated rings. The Bertz CT molecular complexity index is 598. The Balaban J connectivity index is 1.80. The summed E-state index contributed by atoms with van der Waals surface area (Å²) in [6.45, 7) is 0.964. The molecule has 0 saturated carbocycles. The van der Waals surface area contributed by atoms with Crippen molar-refractivity contribution in [2.75, 3.05) is 17.6 Å². The van der Waals surface area contributed by atoms with Gasteiger partial charge in [-0.25, -0.2) is 4.79 Å². The summed E-state index contributed by atoms with van der Waals surface area (Å²) >= 11 is 1.76. The topological polar surface area (TPSA) is 38.3 Å². The number of hydrogen-bond donors (Lipinski definition) is 1. The van der Waals surface area contributed by atoms with Crippen LogP contribution in [-0.4, -0.2) is 18.3 Å². The van der Waals surface area contributed by atoms with Gasteiger partial charge in [0, 0.05) is 22.9 Å². The predicted molar refractivity (Wildman–Crippen MR) is 77.1 cm³/mol. The Morgan fingerprint density at radius 3 is 2.84 bits per heavy atom. The lowest BCUT2D eigenvalue weighted by Crippen LogP contribution is -2.12. The molecule has 0 aliphatic carbocycles. The number of carbonyl (C=O) groups excluding carboxylic acids is 1. The molecular formula is C15H13NO2S. The first-order valence-electron chi connectivity index (χ1n) is 6.11. The van der Waals surface area contributed by atoms with Crippen molar-refractivity contribution in [2.45, 2.75) is 4.90 Å². The van der Waals surface area contributed by atoms with Crippen LogP contribution in [0.1, 0.15) is 10.4 Å². The van der Waals surface area contributed by atoms with Crippen LogP contribution in [0, 0.1) is 0 Å². The molecule has 1 aliphatic rings. The van der Waals surface area contributed by atoms with E-state index in [1.807, 2.05) is 30.3 Å². The number of anilines is 1. The van der Waals surface area contributed by atoms with Crippen molar-refractivity contribution in [3.05, 3.63) is 54.1 Å². The van der Waals surface area contributed by atoms with Crippen molar-refractivity contribution < 1.29 is 9.53 Å². The number of nitrogens with one attached hydrogen (secondary N) is 1. The molecule has 96 valence electrons. The number of benzene rings is 2. The summed E-state index contributed by atoms with van der Waals surface area (Å²) in [5, 5.41) is 3.31. The first-order valence-corrected chi connectivity index (χ1v) is 7.09. The normalized spacial score (nSPS) is 13.3. The quantitative estimate of drug-likeness (QED) is 0.671. The molecule has 0 unspecified atom stereocenters. The Labute approximate surface area is 116 Å². The highest BCUT2D eigenvalue weighted by molar-refractivity contribution is 7.99. The second kappa shape index (κ2) is 5.36. The highest BCUT2D eigenvalue weighted by atomic mass is 32.2. The van der Waals surface area contributed by atoms with Gasteiger partial charge < -0.3 is 10.1 Å². The number of fused-ring (bicyclic) bond motifs is 1. The number of para-hydroxylation sites is 1. The van der Waals surface area contributed by atoms with Crippen molar-refractivity contribution in [3.8, 4) is 5.75 Å². The third-order valence-corrected chi connectivity index (χ3v) is 3.90. The van der Waals surface area contributed by atoms with Gasteiger partial charge in [0.05, 0.1) is 5.56 Å². The minimum Gasteiger partial charge on any atom is -0.423 e. The van der Waals surface area contributed by atoms with E-state index in [0.717, 1.165) is 22.9 Å². The summed E-state index contributed by atoms with van der Waals surface area (Å²) in [7, 11) is 0. The van der Waals surface area contributed by atoms with Crippen LogP contribution in [0.3, 0.4) is 0 Å². The van der Waals surface area contributed by atoms with Crippen molar-refractivity contribution >= 4 is 23.4 Å². The van der Waals surface area contributed by atoms with E-state index in [0.29, 0.717) is 11.3 Å². The first-order chi connectivity index (χ1) is 9.33. The van der Waals surface area contributed by atoms with E-state index in [2.05, 4.69) is 5.32 Å². The second-order valence-electron chi connectivity index (χ2n) is 4.19. The van der Waals surface area contributed by atoms with E-state index in [9.17, 15) is 4.79 Å². The fourth-order valence-electron chi connectivity index (χ4n) is 1.92. The molecule has 2 aromatic carbocycles. The van der Waals surface area contributed by atoms with Crippen LogP contribution in [-0.2, 0) is 0 Å². The van der Waals surface area contributed by atoms with Gasteiger partial charge in [-0.15, -0.1) is 11.8 Å². The van der Waals surface area contributed by atoms with Gasteiger partial charge in [-0.2, -0.15) is 0 Å². The smallest absolute Gasteiger partial charge is 0.343 e. The number of carbonyl (C=O) groups is 1. The fraction of sp³-hybridized carbons (Fsp3) is 0.133. The number of thioether (sulfide) groups is 1. The van der Waals surface area contributed by atoms with Gasteiger partial charge in [-0.05, 0) is 30.3 Å². The lowest BCUT2D eigenvalue weighted by Gasteiger charge is -2.17. The minimum absolute atomic E-state index is 0.319. The molecule has 1 heterocycles. The molecule has 0 amide bonds. The Hall–Kier alpha value is -1.94. The van der Waals surface area contributed by atoms with Crippen LogP contribution in [0.2, 0.25) is 0 Å². The SMILES string of the molecule is O=C(Oc1ccccc1)c1ccc2c(c1)SCCN2. The van der Waals surface area contributed by atoms with Gasteiger partial charge >= 0.3 is 5.97 Å². The fourth-order valence-corrected chi connectivity index (χ4v) is 2.85. The van der Waals surface area contributed by atoms with E-state index in [-0.39, 0.29) is 5.97 Å². The average Bonchev–Trinajstić information content (AvgIpc) is 2.48. The van der Waals surface area contributed by atoms with Crippen molar-refractivity contribution in [1.29, 1.82) is 0 Å². The van der Waals surface area contributed by atoms with Gasteiger partial charge in [0.25, 0.3) is 0 Å². The van der Waals surface area contributed by atoms with Gasteiger partial charge in [0.2, 0.25) is 0 Å². The Morgan fingerprint density at radius 2 is 2.00 bits per heavy atom. The summed E-state index contributed by atoms with van der Waals surface area (Å²) in [5.41, 5.74) is 1.67. The summed E-state index contributed by atoms with van der Waals surface area (Å²) in [6.07, 6.45) is 0. The molecule has 0 radical (unpaired) electrons. The highest BCUT2D eigenvalue weighted by Crippen LogP contribution is 2.31. The highest BCUT2D eigenvalue weighted by Gasteiger charge is 2.14. The zero-order valence-electron chi connectivity index (χ0n) is 10.3. The third kappa shape index (κ3) is 2.74. The first kappa shape index (κ1) is 12.1. The molecule has 3 rings (SSSR count). The van der Waals surface area contributed by atoms with E-state index in [1.165, 1.54) is 0 Å². The Kier molecular flexibility index (Phi) is 3.42. The molecule has 4 heteroatoms. The molecule has 1 N–H and O–H groups in total. The Morgan fingerprint density at radius 1 is 1.16 bits per heavy atom. The molecule has 0 spiro atoms. The minimum atomic E-state index is -0.319. The molecule has 2 aromatic rings. The van der Waals surface area contributed by atoms with Crippen molar-refractivity contribution in [1.82, 2.24) is 0 Å². The number of hydrogen-bond acceptors (Lipinski definition) is 4. The summed E-state index contributed by atoms with van der Waals surface area (Å²) in [6, 6.07) is 14.7. The molecule has 0 saturated heterocycles. The molecule has 0 atom stereocenters. The van der Waals surface area contributed by atoms with E-state index < -0.39 is 0 Å².